The van der Waals surface area contributed by atoms with Crippen LogP contribution in [-0.4, -0.2) is 5.97 Å². The molecule has 2 aromatic carbocycles. The molecule has 5 nitrogen and oxygen atoms in total. The smallest absolute Gasteiger partial charge is 0.358 e. The van der Waals surface area contributed by atoms with Crippen molar-refractivity contribution in [3.05, 3.63) is 53.8 Å². The molecule has 0 radical (unpaired) electrons. The van der Waals surface area contributed by atoms with Crippen LogP contribution in [0.2, 0.25) is 0 Å². The highest BCUT2D eigenvalue weighted by Crippen LogP contribution is 2.27. The molecule has 2 aromatic rings. The molecule has 0 fully saturated rings. The number of carbonyl (C=O) groups excluding carboxylic acids is 1. The van der Waals surface area contributed by atoms with Crippen molar-refractivity contribution in [2.45, 2.75) is 33.1 Å². The fourth-order valence-electron chi connectivity index (χ4n) is 2.14. The van der Waals surface area contributed by atoms with E-state index in [1.165, 1.54) is 12.1 Å². The second-order valence-corrected chi connectivity index (χ2v) is 5.86. The zero-order valence-electron chi connectivity index (χ0n) is 14.7. The second-order valence-electron chi connectivity index (χ2n) is 5.86. The van der Waals surface area contributed by atoms with E-state index in [-0.39, 0.29) is 17.2 Å². The van der Waals surface area contributed by atoms with E-state index in [1.807, 2.05) is 6.07 Å². The summed E-state index contributed by atoms with van der Waals surface area (Å²) < 4.78 is 19.2. The Hall–Kier alpha value is -3.07. The van der Waals surface area contributed by atoms with Gasteiger partial charge in [0.25, 0.3) is 0 Å². The number of hydrogen-bond donors (Lipinski definition) is 0. The maximum absolute atomic E-state index is 13.8. The first-order valence-electron chi connectivity index (χ1n) is 8.39. The number of unbranched alkanes of at least 4 members (excludes halogenated alkanes) is 1. The van der Waals surface area contributed by atoms with Crippen molar-refractivity contribution in [3.8, 4) is 23.3 Å². The van der Waals surface area contributed by atoms with Gasteiger partial charge in [0.05, 0.1) is 17.6 Å². The quantitative estimate of drug-likeness (QED) is 0.482. The predicted octanol–water partition coefficient (Wildman–Crippen LogP) is 5.15. The molecule has 0 spiro atoms. The number of ether oxygens (including phenoxy) is 1. The van der Waals surface area contributed by atoms with E-state index in [4.69, 9.17) is 19.8 Å². The fourth-order valence-corrected chi connectivity index (χ4v) is 2.14. The minimum atomic E-state index is -0.626. The van der Waals surface area contributed by atoms with Gasteiger partial charge in [-0.3, -0.25) is 9.78 Å². The molecule has 0 saturated heterocycles. The van der Waals surface area contributed by atoms with E-state index in [2.05, 4.69) is 6.92 Å². The van der Waals surface area contributed by atoms with E-state index < -0.39 is 11.8 Å². The summed E-state index contributed by atoms with van der Waals surface area (Å²) >= 11 is 0. The Bertz CT molecular complexity index is 783. The predicted molar refractivity (Wildman–Crippen MR) is 93.0 cm³/mol. The lowest BCUT2D eigenvalue weighted by molar-refractivity contribution is -0.218. The molecule has 26 heavy (non-hydrogen) atoms. The topological polar surface area (TPSA) is 68.6 Å². The van der Waals surface area contributed by atoms with Crippen LogP contribution in [0.3, 0.4) is 0 Å². The number of hydrogen-bond acceptors (Lipinski definition) is 5. The number of nitrogens with zero attached hydrogens (tertiary/aromatic N) is 1. The van der Waals surface area contributed by atoms with Crippen LogP contribution in [0, 0.1) is 23.1 Å². The SMILES string of the molecule is CCCCC(C)C(=O)OOc1ccc(Oc2ccc(C#N)cc2F)cc1. The van der Waals surface area contributed by atoms with Gasteiger partial charge in [0.15, 0.2) is 17.3 Å². The number of rotatable bonds is 8. The molecule has 0 aliphatic rings. The fraction of sp³-hybridized carbons (Fsp3) is 0.300. The van der Waals surface area contributed by atoms with Gasteiger partial charge in [-0.2, -0.15) is 5.26 Å². The highest BCUT2D eigenvalue weighted by molar-refractivity contribution is 5.71. The first-order chi connectivity index (χ1) is 12.5. The van der Waals surface area contributed by atoms with Gasteiger partial charge < -0.3 is 4.74 Å². The van der Waals surface area contributed by atoms with Gasteiger partial charge >= 0.3 is 5.97 Å². The third-order valence-corrected chi connectivity index (χ3v) is 3.73. The van der Waals surface area contributed by atoms with Gasteiger partial charge in [-0.05, 0) is 48.9 Å². The van der Waals surface area contributed by atoms with E-state index in [0.717, 1.165) is 25.3 Å². The van der Waals surface area contributed by atoms with E-state index in [0.29, 0.717) is 11.5 Å². The minimum absolute atomic E-state index is 0.00819. The van der Waals surface area contributed by atoms with Crippen LogP contribution < -0.4 is 9.62 Å². The van der Waals surface area contributed by atoms with Crippen molar-refractivity contribution >= 4 is 5.97 Å². The van der Waals surface area contributed by atoms with Crippen LogP contribution in [0.5, 0.6) is 17.2 Å². The number of halogens is 1. The first-order valence-corrected chi connectivity index (χ1v) is 8.39. The monoisotopic (exact) mass is 357 g/mol. The number of nitriles is 1. The Morgan fingerprint density at radius 3 is 2.50 bits per heavy atom. The zero-order valence-corrected chi connectivity index (χ0v) is 14.7. The standard InChI is InChI=1S/C20H20FNO4/c1-3-4-5-14(2)20(23)26-25-17-9-7-16(8-10-17)24-19-11-6-15(13-22)12-18(19)21/h6-12,14H,3-5H2,1-2H3. The molecule has 136 valence electrons. The largest absolute Gasteiger partial charge is 0.454 e. The van der Waals surface area contributed by atoms with Crippen LogP contribution in [0.15, 0.2) is 42.5 Å². The molecule has 0 aromatic heterocycles. The molecular formula is C20H20FNO4. The molecule has 1 unspecified atom stereocenters. The van der Waals surface area contributed by atoms with Crippen LogP contribution >= 0.6 is 0 Å². The molecule has 0 heterocycles. The van der Waals surface area contributed by atoms with Crippen LogP contribution in [0.1, 0.15) is 38.7 Å². The average Bonchev–Trinajstić information content (AvgIpc) is 2.66. The summed E-state index contributed by atoms with van der Waals surface area (Å²) in [5.41, 5.74) is 0.216. The lowest BCUT2D eigenvalue weighted by atomic mass is 10.1. The summed E-state index contributed by atoms with van der Waals surface area (Å²) in [6, 6.07) is 12.0. The van der Waals surface area contributed by atoms with Crippen molar-refractivity contribution < 1.29 is 23.7 Å². The molecule has 0 aliphatic heterocycles. The maximum atomic E-state index is 13.8. The molecule has 6 heteroatoms. The minimum Gasteiger partial charge on any atom is -0.454 e. The maximum Gasteiger partial charge on any atom is 0.358 e. The van der Waals surface area contributed by atoms with Gasteiger partial charge in [-0.15, -0.1) is 0 Å². The number of benzene rings is 2. The summed E-state index contributed by atoms with van der Waals surface area (Å²) in [6.07, 6.45) is 2.72. The molecule has 1 atom stereocenters. The third kappa shape index (κ3) is 5.49. The van der Waals surface area contributed by atoms with Crippen molar-refractivity contribution in [3.63, 3.8) is 0 Å². The summed E-state index contributed by atoms with van der Waals surface area (Å²) in [7, 11) is 0. The van der Waals surface area contributed by atoms with Crippen LogP contribution in [0.4, 0.5) is 4.39 Å². The Morgan fingerprint density at radius 2 is 1.88 bits per heavy atom. The van der Waals surface area contributed by atoms with Crippen LogP contribution in [-0.2, 0) is 9.68 Å². The van der Waals surface area contributed by atoms with Crippen molar-refractivity contribution in [1.29, 1.82) is 5.26 Å². The third-order valence-electron chi connectivity index (χ3n) is 3.73. The summed E-state index contributed by atoms with van der Waals surface area (Å²) in [6.45, 7) is 3.85. The van der Waals surface area contributed by atoms with Gasteiger partial charge in [0.2, 0.25) is 0 Å². The Balaban J connectivity index is 1.90. The first kappa shape index (κ1) is 19.3. The van der Waals surface area contributed by atoms with Gasteiger partial charge in [0.1, 0.15) is 5.75 Å². The Labute approximate surface area is 151 Å². The lowest BCUT2D eigenvalue weighted by Crippen LogP contribution is -2.16. The van der Waals surface area contributed by atoms with Gasteiger partial charge in [-0.25, -0.2) is 9.18 Å². The van der Waals surface area contributed by atoms with E-state index in [1.54, 1.807) is 31.2 Å². The molecule has 2 rings (SSSR count). The van der Waals surface area contributed by atoms with Gasteiger partial charge in [-0.1, -0.05) is 26.7 Å². The molecule has 0 aliphatic carbocycles. The summed E-state index contributed by atoms with van der Waals surface area (Å²) in [4.78, 5) is 21.6. The zero-order chi connectivity index (χ0) is 18.9. The summed E-state index contributed by atoms with van der Waals surface area (Å²) in [5.74, 6) is -0.555. The highest BCUT2D eigenvalue weighted by Gasteiger charge is 2.15. The normalized spacial score (nSPS) is 11.3. The van der Waals surface area contributed by atoms with Crippen molar-refractivity contribution in [1.82, 2.24) is 0 Å². The molecule has 0 saturated carbocycles. The summed E-state index contributed by atoms with van der Waals surface area (Å²) in [5, 5.41) is 8.73. The lowest BCUT2D eigenvalue weighted by Gasteiger charge is -2.10. The highest BCUT2D eigenvalue weighted by atomic mass is 19.1. The Morgan fingerprint density at radius 1 is 1.19 bits per heavy atom. The van der Waals surface area contributed by atoms with E-state index >= 15 is 0 Å². The molecule has 0 bridgehead atoms. The van der Waals surface area contributed by atoms with E-state index in [9.17, 15) is 9.18 Å². The van der Waals surface area contributed by atoms with Gasteiger partial charge in [0, 0.05) is 0 Å². The second kappa shape index (κ2) is 9.42. The Kier molecular flexibility index (Phi) is 6.98. The molecule has 0 N–H and O–H groups in total. The number of carbonyl (C=O) groups is 1. The molecular weight excluding hydrogens is 337 g/mol. The molecule has 0 amide bonds. The average molecular weight is 357 g/mol. The van der Waals surface area contributed by atoms with Crippen molar-refractivity contribution in [2.75, 3.05) is 0 Å². The van der Waals surface area contributed by atoms with Crippen LogP contribution in [0.25, 0.3) is 0 Å². The van der Waals surface area contributed by atoms with Crippen molar-refractivity contribution in [2.24, 2.45) is 5.92 Å².